The molecular formula is C10H13IN6. The Labute approximate surface area is 113 Å². The van der Waals surface area contributed by atoms with Gasteiger partial charge < -0.3 is 5.32 Å². The Kier molecular flexibility index (Phi) is 3.55. The van der Waals surface area contributed by atoms with E-state index in [0.29, 0.717) is 17.4 Å². The van der Waals surface area contributed by atoms with Crippen LogP contribution in [0.2, 0.25) is 0 Å². The fraction of sp³-hybridized carbons (Fsp3) is 0.400. The Hall–Kier alpha value is -1.25. The molecule has 0 bridgehead atoms. The van der Waals surface area contributed by atoms with Gasteiger partial charge in [-0.3, -0.25) is 0 Å². The third-order valence-electron chi connectivity index (χ3n) is 2.30. The van der Waals surface area contributed by atoms with Gasteiger partial charge in [-0.1, -0.05) is 13.8 Å². The van der Waals surface area contributed by atoms with Crippen molar-refractivity contribution in [3.8, 4) is 11.5 Å². The SMILES string of the molecule is CNc1nc(-c2cn[nH]n2)nc(C(C)C)c1I. The summed E-state index contributed by atoms with van der Waals surface area (Å²) < 4.78 is 1.05. The van der Waals surface area contributed by atoms with E-state index in [1.165, 1.54) is 0 Å². The zero-order chi connectivity index (χ0) is 12.4. The molecule has 2 aromatic heterocycles. The lowest BCUT2D eigenvalue weighted by molar-refractivity contribution is 0.808. The van der Waals surface area contributed by atoms with Crippen LogP contribution in [0.1, 0.15) is 25.5 Å². The predicted octanol–water partition coefficient (Wildman–Crippen LogP) is 2.03. The molecule has 2 aromatic rings. The second-order valence-electron chi connectivity index (χ2n) is 3.85. The largest absolute Gasteiger partial charge is 0.372 e. The molecule has 0 atom stereocenters. The fourth-order valence-electron chi connectivity index (χ4n) is 1.44. The number of aromatic amines is 1. The van der Waals surface area contributed by atoms with E-state index in [1.807, 2.05) is 7.05 Å². The Bertz CT molecular complexity index is 508. The molecule has 0 aliphatic heterocycles. The molecule has 0 unspecified atom stereocenters. The molecule has 0 saturated heterocycles. The van der Waals surface area contributed by atoms with Crippen molar-refractivity contribution in [1.82, 2.24) is 25.4 Å². The minimum atomic E-state index is 0.336. The van der Waals surface area contributed by atoms with Gasteiger partial charge in [-0.25, -0.2) is 9.97 Å². The molecule has 0 fully saturated rings. The fourth-order valence-corrected chi connectivity index (χ4v) is 2.57. The summed E-state index contributed by atoms with van der Waals surface area (Å²) >= 11 is 2.26. The van der Waals surface area contributed by atoms with Gasteiger partial charge in [0.1, 0.15) is 11.5 Å². The quantitative estimate of drug-likeness (QED) is 0.833. The first-order chi connectivity index (χ1) is 8.13. The molecule has 2 rings (SSSR count). The molecule has 0 amide bonds. The van der Waals surface area contributed by atoms with Crippen molar-refractivity contribution < 1.29 is 0 Å². The Morgan fingerprint density at radius 2 is 2.12 bits per heavy atom. The highest BCUT2D eigenvalue weighted by Gasteiger charge is 2.16. The zero-order valence-electron chi connectivity index (χ0n) is 9.82. The number of rotatable bonds is 3. The number of hydrogen-bond donors (Lipinski definition) is 2. The molecule has 17 heavy (non-hydrogen) atoms. The molecule has 2 N–H and O–H groups in total. The van der Waals surface area contributed by atoms with Crippen molar-refractivity contribution in [2.24, 2.45) is 0 Å². The average Bonchev–Trinajstić information content (AvgIpc) is 2.82. The summed E-state index contributed by atoms with van der Waals surface area (Å²) in [5.74, 6) is 1.75. The number of anilines is 1. The van der Waals surface area contributed by atoms with Gasteiger partial charge in [0, 0.05) is 7.05 Å². The van der Waals surface area contributed by atoms with Crippen LogP contribution < -0.4 is 5.32 Å². The highest BCUT2D eigenvalue weighted by atomic mass is 127. The third-order valence-corrected chi connectivity index (χ3v) is 3.37. The second-order valence-corrected chi connectivity index (χ2v) is 4.93. The maximum absolute atomic E-state index is 4.54. The third kappa shape index (κ3) is 2.38. The monoisotopic (exact) mass is 344 g/mol. The zero-order valence-corrected chi connectivity index (χ0v) is 12.0. The molecule has 0 saturated carbocycles. The number of nitrogens with zero attached hydrogens (tertiary/aromatic N) is 4. The summed E-state index contributed by atoms with van der Waals surface area (Å²) in [6, 6.07) is 0. The Morgan fingerprint density at radius 3 is 2.65 bits per heavy atom. The minimum Gasteiger partial charge on any atom is -0.372 e. The number of halogens is 1. The number of H-pyrrole nitrogens is 1. The molecular weight excluding hydrogens is 331 g/mol. The Balaban J connectivity index is 2.59. The number of nitrogens with one attached hydrogen (secondary N) is 2. The van der Waals surface area contributed by atoms with Gasteiger partial charge in [0.05, 0.1) is 15.5 Å². The van der Waals surface area contributed by atoms with E-state index in [-0.39, 0.29) is 0 Å². The van der Waals surface area contributed by atoms with Crippen LogP contribution in [0.25, 0.3) is 11.5 Å². The van der Waals surface area contributed by atoms with E-state index in [2.05, 4.69) is 67.1 Å². The first-order valence-electron chi connectivity index (χ1n) is 5.24. The van der Waals surface area contributed by atoms with Gasteiger partial charge in [0.15, 0.2) is 5.82 Å². The van der Waals surface area contributed by atoms with Gasteiger partial charge in [0.2, 0.25) is 0 Å². The van der Waals surface area contributed by atoms with E-state index >= 15 is 0 Å². The van der Waals surface area contributed by atoms with E-state index in [0.717, 1.165) is 15.1 Å². The number of aromatic nitrogens is 5. The molecule has 7 heteroatoms. The summed E-state index contributed by atoms with van der Waals surface area (Å²) in [6.07, 6.45) is 1.62. The summed E-state index contributed by atoms with van der Waals surface area (Å²) in [4.78, 5) is 8.97. The van der Waals surface area contributed by atoms with Crippen LogP contribution in [-0.4, -0.2) is 32.4 Å². The van der Waals surface area contributed by atoms with Gasteiger partial charge in [-0.05, 0) is 28.5 Å². The van der Waals surface area contributed by atoms with Crippen molar-refractivity contribution in [3.05, 3.63) is 15.5 Å². The molecule has 0 radical (unpaired) electrons. The molecule has 0 aromatic carbocycles. The van der Waals surface area contributed by atoms with Crippen LogP contribution in [0.3, 0.4) is 0 Å². The van der Waals surface area contributed by atoms with E-state index in [4.69, 9.17) is 0 Å². The van der Waals surface area contributed by atoms with E-state index < -0.39 is 0 Å². The number of hydrogen-bond acceptors (Lipinski definition) is 5. The average molecular weight is 344 g/mol. The van der Waals surface area contributed by atoms with Crippen LogP contribution in [0, 0.1) is 3.57 Å². The molecule has 0 spiro atoms. The van der Waals surface area contributed by atoms with Crippen molar-refractivity contribution in [2.75, 3.05) is 12.4 Å². The first-order valence-corrected chi connectivity index (χ1v) is 6.32. The lowest BCUT2D eigenvalue weighted by Crippen LogP contribution is -2.06. The van der Waals surface area contributed by atoms with E-state index in [9.17, 15) is 0 Å². The lowest BCUT2D eigenvalue weighted by atomic mass is 10.1. The summed E-state index contributed by atoms with van der Waals surface area (Å²) in [5, 5.41) is 13.4. The van der Waals surface area contributed by atoms with Gasteiger partial charge >= 0.3 is 0 Å². The molecule has 2 heterocycles. The van der Waals surface area contributed by atoms with E-state index in [1.54, 1.807) is 6.20 Å². The maximum atomic E-state index is 4.54. The van der Waals surface area contributed by atoms with Gasteiger partial charge in [0.25, 0.3) is 0 Å². The molecule has 6 nitrogen and oxygen atoms in total. The Morgan fingerprint density at radius 1 is 1.35 bits per heavy atom. The van der Waals surface area contributed by atoms with Crippen LogP contribution in [-0.2, 0) is 0 Å². The molecule has 90 valence electrons. The maximum Gasteiger partial charge on any atom is 0.184 e. The molecule has 0 aliphatic carbocycles. The summed E-state index contributed by atoms with van der Waals surface area (Å²) in [7, 11) is 1.85. The molecule has 0 aliphatic rings. The van der Waals surface area contributed by atoms with Crippen LogP contribution in [0.4, 0.5) is 5.82 Å². The van der Waals surface area contributed by atoms with Crippen molar-refractivity contribution in [3.63, 3.8) is 0 Å². The van der Waals surface area contributed by atoms with Gasteiger partial charge in [-0.15, -0.1) is 0 Å². The topological polar surface area (TPSA) is 79.4 Å². The first kappa shape index (κ1) is 12.2. The van der Waals surface area contributed by atoms with Crippen LogP contribution in [0.5, 0.6) is 0 Å². The highest BCUT2D eigenvalue weighted by Crippen LogP contribution is 2.27. The van der Waals surface area contributed by atoms with Gasteiger partial charge in [-0.2, -0.15) is 15.4 Å². The lowest BCUT2D eigenvalue weighted by Gasteiger charge is -2.12. The normalized spacial score (nSPS) is 10.9. The highest BCUT2D eigenvalue weighted by molar-refractivity contribution is 14.1. The van der Waals surface area contributed by atoms with Crippen molar-refractivity contribution in [1.29, 1.82) is 0 Å². The summed E-state index contributed by atoms with van der Waals surface area (Å²) in [5.41, 5.74) is 1.67. The summed E-state index contributed by atoms with van der Waals surface area (Å²) in [6.45, 7) is 4.22. The van der Waals surface area contributed by atoms with Crippen LogP contribution in [0.15, 0.2) is 6.20 Å². The smallest absolute Gasteiger partial charge is 0.184 e. The van der Waals surface area contributed by atoms with Crippen molar-refractivity contribution >= 4 is 28.4 Å². The second kappa shape index (κ2) is 4.94. The predicted molar refractivity (Wildman–Crippen MR) is 73.8 cm³/mol. The standard InChI is InChI=1S/C10H13IN6/c1-5(2)8-7(11)10(12-3)15-9(14-8)6-4-13-17-16-6/h4-5H,1-3H3,(H,12,14,15)(H,13,16,17). The van der Waals surface area contributed by atoms with Crippen molar-refractivity contribution in [2.45, 2.75) is 19.8 Å². The van der Waals surface area contributed by atoms with Crippen LogP contribution >= 0.6 is 22.6 Å². The minimum absolute atomic E-state index is 0.336.